The molecule has 0 bridgehead atoms. The van der Waals surface area contributed by atoms with Gasteiger partial charge in [-0.3, -0.25) is 9.69 Å². The maximum Gasteiger partial charge on any atom is 0.253 e. The number of nitrogens with one attached hydrogen (secondary N) is 1. The van der Waals surface area contributed by atoms with Crippen LogP contribution in [0.4, 0.5) is 0 Å². The van der Waals surface area contributed by atoms with Crippen LogP contribution in [-0.2, 0) is 6.54 Å². The van der Waals surface area contributed by atoms with Crippen molar-refractivity contribution in [3.8, 4) is 11.5 Å². The van der Waals surface area contributed by atoms with Gasteiger partial charge in [0.05, 0.1) is 10.0 Å². The summed E-state index contributed by atoms with van der Waals surface area (Å²) in [6.45, 7) is 8.46. The van der Waals surface area contributed by atoms with Crippen LogP contribution in [-0.4, -0.2) is 55.0 Å². The van der Waals surface area contributed by atoms with E-state index in [0.717, 1.165) is 38.2 Å². The summed E-state index contributed by atoms with van der Waals surface area (Å²) in [5.74, 6) is 1.35. The fourth-order valence-electron chi connectivity index (χ4n) is 3.65. The number of hydrogen-bond acceptors (Lipinski definition) is 4. The molecule has 0 spiro atoms. The van der Waals surface area contributed by atoms with E-state index in [1.807, 2.05) is 30.1 Å². The standard InChI is InChI=1S/C23H29Cl2N3O2/c1-16(2)27-9-4-10-28(12-11-27)23(29)17-5-8-22(18(13-17)15-26-3)30-19-6-7-20(24)21(25)14-19/h5-8,13-14,16,26H,4,9-12,15H2,1-3H3. The molecule has 1 N–H and O–H groups in total. The molecule has 1 heterocycles. The third kappa shape index (κ3) is 5.67. The highest BCUT2D eigenvalue weighted by molar-refractivity contribution is 6.42. The molecular weight excluding hydrogens is 421 g/mol. The average molecular weight is 450 g/mol. The fourth-order valence-corrected chi connectivity index (χ4v) is 3.94. The second-order valence-corrected chi connectivity index (χ2v) is 8.62. The van der Waals surface area contributed by atoms with Crippen molar-refractivity contribution >= 4 is 29.1 Å². The van der Waals surface area contributed by atoms with Crippen LogP contribution in [0.25, 0.3) is 0 Å². The summed E-state index contributed by atoms with van der Waals surface area (Å²) in [5.41, 5.74) is 1.59. The first kappa shape index (κ1) is 22.9. The second kappa shape index (κ2) is 10.5. The minimum Gasteiger partial charge on any atom is -0.457 e. The van der Waals surface area contributed by atoms with Crippen LogP contribution in [0.2, 0.25) is 10.0 Å². The predicted molar refractivity (Wildman–Crippen MR) is 123 cm³/mol. The number of rotatable bonds is 6. The maximum atomic E-state index is 13.2. The highest BCUT2D eigenvalue weighted by atomic mass is 35.5. The SMILES string of the molecule is CNCc1cc(C(=O)N2CCCN(C(C)C)CC2)ccc1Oc1ccc(Cl)c(Cl)c1. The van der Waals surface area contributed by atoms with Crippen molar-refractivity contribution in [2.24, 2.45) is 0 Å². The lowest BCUT2D eigenvalue weighted by Crippen LogP contribution is -2.37. The van der Waals surface area contributed by atoms with Crippen LogP contribution >= 0.6 is 23.2 Å². The van der Waals surface area contributed by atoms with Gasteiger partial charge in [0, 0.05) is 56.0 Å². The summed E-state index contributed by atoms with van der Waals surface area (Å²) in [6, 6.07) is 11.3. The Labute approximate surface area is 188 Å². The molecule has 1 aliphatic heterocycles. The molecule has 0 aromatic heterocycles. The molecule has 0 radical (unpaired) electrons. The molecule has 1 fully saturated rings. The van der Waals surface area contributed by atoms with Gasteiger partial charge in [-0.1, -0.05) is 23.2 Å². The normalized spacial score (nSPS) is 15.3. The van der Waals surface area contributed by atoms with Crippen molar-refractivity contribution in [1.82, 2.24) is 15.1 Å². The number of halogens is 2. The Hall–Kier alpha value is -1.79. The number of ether oxygens (including phenoxy) is 1. The fraction of sp³-hybridized carbons (Fsp3) is 0.435. The smallest absolute Gasteiger partial charge is 0.253 e. The van der Waals surface area contributed by atoms with Crippen molar-refractivity contribution in [2.45, 2.75) is 32.9 Å². The average Bonchev–Trinajstić information content (AvgIpc) is 2.98. The van der Waals surface area contributed by atoms with E-state index in [1.54, 1.807) is 18.2 Å². The molecule has 0 unspecified atom stereocenters. The number of carbonyl (C=O) groups is 1. The molecule has 0 aliphatic carbocycles. The van der Waals surface area contributed by atoms with E-state index in [4.69, 9.17) is 27.9 Å². The van der Waals surface area contributed by atoms with Crippen LogP contribution in [0, 0.1) is 0 Å². The van der Waals surface area contributed by atoms with Crippen LogP contribution in [0.1, 0.15) is 36.2 Å². The molecule has 1 aliphatic rings. The second-order valence-electron chi connectivity index (χ2n) is 7.81. The molecule has 7 heteroatoms. The van der Waals surface area contributed by atoms with E-state index in [9.17, 15) is 4.79 Å². The summed E-state index contributed by atoms with van der Waals surface area (Å²) in [6.07, 6.45) is 0.992. The first-order valence-corrected chi connectivity index (χ1v) is 11.1. The molecule has 3 rings (SSSR count). The van der Waals surface area contributed by atoms with Gasteiger partial charge in [0.15, 0.2) is 0 Å². The highest BCUT2D eigenvalue weighted by Gasteiger charge is 2.22. The Balaban J connectivity index is 1.78. The zero-order chi connectivity index (χ0) is 21.7. The number of carbonyl (C=O) groups excluding carboxylic acids is 1. The lowest BCUT2D eigenvalue weighted by atomic mass is 10.1. The third-order valence-electron chi connectivity index (χ3n) is 5.34. The summed E-state index contributed by atoms with van der Waals surface area (Å²) in [4.78, 5) is 17.5. The van der Waals surface area contributed by atoms with Gasteiger partial charge >= 0.3 is 0 Å². The molecule has 5 nitrogen and oxygen atoms in total. The largest absolute Gasteiger partial charge is 0.457 e. The van der Waals surface area contributed by atoms with E-state index < -0.39 is 0 Å². The van der Waals surface area contributed by atoms with E-state index in [1.165, 1.54) is 0 Å². The van der Waals surface area contributed by atoms with Crippen LogP contribution in [0.3, 0.4) is 0 Å². The maximum absolute atomic E-state index is 13.2. The van der Waals surface area contributed by atoms with Gasteiger partial charge in [0.1, 0.15) is 11.5 Å². The van der Waals surface area contributed by atoms with Crippen LogP contribution in [0.5, 0.6) is 11.5 Å². The minimum absolute atomic E-state index is 0.0686. The Morgan fingerprint density at radius 3 is 2.57 bits per heavy atom. The predicted octanol–water partition coefficient (Wildman–Crippen LogP) is 5.06. The topological polar surface area (TPSA) is 44.8 Å². The summed E-state index contributed by atoms with van der Waals surface area (Å²) >= 11 is 12.1. The Kier molecular flexibility index (Phi) is 8.00. The number of hydrogen-bond donors (Lipinski definition) is 1. The van der Waals surface area contributed by atoms with Crippen molar-refractivity contribution in [3.05, 3.63) is 57.6 Å². The molecule has 162 valence electrons. The molecule has 2 aromatic rings. The van der Waals surface area contributed by atoms with Crippen LogP contribution in [0.15, 0.2) is 36.4 Å². The molecule has 1 saturated heterocycles. The molecule has 30 heavy (non-hydrogen) atoms. The van der Waals surface area contributed by atoms with Gasteiger partial charge in [-0.05, 0) is 57.6 Å². The van der Waals surface area contributed by atoms with Crippen molar-refractivity contribution < 1.29 is 9.53 Å². The first-order valence-electron chi connectivity index (χ1n) is 10.3. The molecule has 0 atom stereocenters. The van der Waals surface area contributed by atoms with Crippen molar-refractivity contribution in [1.29, 1.82) is 0 Å². The van der Waals surface area contributed by atoms with Gasteiger partial charge in [-0.25, -0.2) is 0 Å². The Morgan fingerprint density at radius 2 is 1.87 bits per heavy atom. The summed E-state index contributed by atoms with van der Waals surface area (Å²) in [5, 5.41) is 4.06. The van der Waals surface area contributed by atoms with Crippen molar-refractivity contribution in [3.63, 3.8) is 0 Å². The van der Waals surface area contributed by atoms with Gasteiger partial charge in [-0.2, -0.15) is 0 Å². The van der Waals surface area contributed by atoms with Gasteiger partial charge in [0.2, 0.25) is 0 Å². The van der Waals surface area contributed by atoms with Crippen molar-refractivity contribution in [2.75, 3.05) is 33.2 Å². The lowest BCUT2D eigenvalue weighted by molar-refractivity contribution is 0.0759. The van der Waals surface area contributed by atoms with E-state index >= 15 is 0 Å². The number of benzene rings is 2. The monoisotopic (exact) mass is 449 g/mol. The highest BCUT2D eigenvalue weighted by Crippen LogP contribution is 2.31. The number of nitrogens with zero attached hydrogens (tertiary/aromatic N) is 2. The molecule has 1 amide bonds. The Morgan fingerprint density at radius 1 is 1.07 bits per heavy atom. The van der Waals surface area contributed by atoms with E-state index in [2.05, 4.69) is 24.1 Å². The van der Waals surface area contributed by atoms with Gasteiger partial charge in [-0.15, -0.1) is 0 Å². The van der Waals surface area contributed by atoms with Gasteiger partial charge in [0.25, 0.3) is 5.91 Å². The Bertz CT molecular complexity index is 889. The number of amides is 1. The summed E-state index contributed by atoms with van der Waals surface area (Å²) in [7, 11) is 1.87. The summed E-state index contributed by atoms with van der Waals surface area (Å²) < 4.78 is 6.02. The zero-order valence-electron chi connectivity index (χ0n) is 17.8. The van der Waals surface area contributed by atoms with E-state index in [0.29, 0.717) is 39.7 Å². The zero-order valence-corrected chi connectivity index (χ0v) is 19.3. The lowest BCUT2D eigenvalue weighted by Gasteiger charge is -2.25. The van der Waals surface area contributed by atoms with Crippen LogP contribution < -0.4 is 10.1 Å². The first-order chi connectivity index (χ1) is 14.4. The minimum atomic E-state index is 0.0686. The molecule has 0 saturated carbocycles. The third-order valence-corrected chi connectivity index (χ3v) is 6.08. The quantitative estimate of drug-likeness (QED) is 0.668. The molecule has 2 aromatic carbocycles. The van der Waals surface area contributed by atoms with E-state index in [-0.39, 0.29) is 5.91 Å². The van der Waals surface area contributed by atoms with Gasteiger partial charge < -0.3 is 15.0 Å². The molecular formula is C23H29Cl2N3O2.